The number of rotatable bonds is 5. The minimum Gasteiger partial charge on any atom is -0.359 e. The molecular formula is C20H19BrClN3O3S. The third-order valence-corrected chi connectivity index (χ3v) is 7.73. The Morgan fingerprint density at radius 2 is 1.76 bits per heavy atom. The summed E-state index contributed by atoms with van der Waals surface area (Å²) in [6, 6.07) is 16.6. The first-order chi connectivity index (χ1) is 13.9. The van der Waals surface area contributed by atoms with Gasteiger partial charge in [-0.1, -0.05) is 63.0 Å². The summed E-state index contributed by atoms with van der Waals surface area (Å²) in [7, 11) is -3.62. The third-order valence-electron chi connectivity index (χ3n) is 4.85. The molecule has 0 N–H and O–H groups in total. The van der Waals surface area contributed by atoms with Crippen LogP contribution in [0.15, 0.2) is 68.5 Å². The molecule has 29 heavy (non-hydrogen) atoms. The Morgan fingerprint density at radius 1 is 1.03 bits per heavy atom. The predicted molar refractivity (Wildman–Crippen MR) is 115 cm³/mol. The van der Waals surface area contributed by atoms with E-state index >= 15 is 0 Å². The minimum atomic E-state index is -3.62. The van der Waals surface area contributed by atoms with Crippen molar-refractivity contribution in [3.05, 3.63) is 69.9 Å². The maximum atomic E-state index is 12.9. The molecule has 2 aromatic carbocycles. The van der Waals surface area contributed by atoms with Gasteiger partial charge in [-0.05, 0) is 18.2 Å². The van der Waals surface area contributed by atoms with Crippen LogP contribution in [0.3, 0.4) is 0 Å². The van der Waals surface area contributed by atoms with Crippen molar-refractivity contribution in [2.24, 2.45) is 0 Å². The highest BCUT2D eigenvalue weighted by Gasteiger charge is 2.30. The maximum absolute atomic E-state index is 12.9. The van der Waals surface area contributed by atoms with Gasteiger partial charge in [0.25, 0.3) is 0 Å². The molecule has 0 saturated carbocycles. The van der Waals surface area contributed by atoms with Crippen LogP contribution in [-0.2, 0) is 16.6 Å². The Hall–Kier alpha value is -1.71. The quantitative estimate of drug-likeness (QED) is 0.528. The molecule has 0 spiro atoms. The molecule has 2 heterocycles. The van der Waals surface area contributed by atoms with Gasteiger partial charge in [0.15, 0.2) is 5.76 Å². The molecule has 0 unspecified atom stereocenters. The van der Waals surface area contributed by atoms with E-state index in [9.17, 15) is 8.42 Å². The molecule has 0 radical (unpaired) electrons. The van der Waals surface area contributed by atoms with Gasteiger partial charge in [0.1, 0.15) is 10.6 Å². The normalized spacial score (nSPS) is 16.2. The van der Waals surface area contributed by atoms with E-state index in [1.165, 1.54) is 10.4 Å². The maximum Gasteiger partial charge on any atom is 0.244 e. The SMILES string of the molecule is O=S(=O)(c1ccc(Br)cc1Cl)N1CCN(Cc2cc(-c3ccccc3)no2)CC1. The number of piperazine rings is 1. The Labute approximate surface area is 183 Å². The first kappa shape index (κ1) is 20.6. The number of nitrogens with zero attached hydrogens (tertiary/aromatic N) is 3. The van der Waals surface area contributed by atoms with Crippen molar-refractivity contribution < 1.29 is 12.9 Å². The van der Waals surface area contributed by atoms with Crippen molar-refractivity contribution in [3.63, 3.8) is 0 Å². The smallest absolute Gasteiger partial charge is 0.244 e. The summed E-state index contributed by atoms with van der Waals surface area (Å²) < 4.78 is 33.5. The zero-order valence-corrected chi connectivity index (χ0v) is 18.6. The second-order valence-corrected chi connectivity index (χ2v) is 10.0. The third kappa shape index (κ3) is 4.57. The van der Waals surface area contributed by atoms with Gasteiger partial charge in [-0.25, -0.2) is 8.42 Å². The summed E-state index contributed by atoms with van der Waals surface area (Å²) in [5, 5.41) is 4.36. The van der Waals surface area contributed by atoms with Crippen molar-refractivity contribution >= 4 is 37.6 Å². The van der Waals surface area contributed by atoms with Crippen LogP contribution in [0.5, 0.6) is 0 Å². The zero-order chi connectivity index (χ0) is 20.4. The van der Waals surface area contributed by atoms with Crippen molar-refractivity contribution in [1.82, 2.24) is 14.4 Å². The van der Waals surface area contributed by atoms with Crippen LogP contribution in [0.25, 0.3) is 11.3 Å². The summed E-state index contributed by atoms with van der Waals surface area (Å²) in [6.45, 7) is 2.60. The molecule has 1 aromatic heterocycles. The lowest BCUT2D eigenvalue weighted by atomic mass is 10.1. The van der Waals surface area contributed by atoms with E-state index in [0.29, 0.717) is 32.7 Å². The number of benzene rings is 2. The van der Waals surface area contributed by atoms with Gasteiger partial charge >= 0.3 is 0 Å². The molecule has 1 saturated heterocycles. The number of hydrogen-bond donors (Lipinski definition) is 0. The first-order valence-electron chi connectivity index (χ1n) is 9.12. The van der Waals surface area contributed by atoms with Gasteiger partial charge in [-0.2, -0.15) is 4.31 Å². The molecule has 152 valence electrons. The fraction of sp³-hybridized carbons (Fsp3) is 0.250. The average molecular weight is 497 g/mol. The van der Waals surface area contributed by atoms with Gasteiger partial charge in [-0.15, -0.1) is 0 Å². The van der Waals surface area contributed by atoms with Crippen LogP contribution in [0, 0.1) is 0 Å². The molecule has 0 aliphatic carbocycles. The highest BCUT2D eigenvalue weighted by atomic mass is 79.9. The molecule has 4 rings (SSSR count). The average Bonchev–Trinajstić information content (AvgIpc) is 3.17. The molecule has 0 bridgehead atoms. The topological polar surface area (TPSA) is 66.7 Å². The predicted octanol–water partition coefficient (Wildman–Crippen LogP) is 4.26. The van der Waals surface area contributed by atoms with E-state index in [0.717, 1.165) is 21.5 Å². The summed E-state index contributed by atoms with van der Waals surface area (Å²) in [5.41, 5.74) is 1.80. The second-order valence-electron chi connectivity index (χ2n) is 6.80. The van der Waals surface area contributed by atoms with Crippen LogP contribution < -0.4 is 0 Å². The second kappa shape index (κ2) is 8.57. The summed E-state index contributed by atoms with van der Waals surface area (Å²) in [5.74, 6) is 0.760. The molecule has 3 aromatic rings. The number of sulfonamides is 1. The molecule has 6 nitrogen and oxygen atoms in total. The Balaban J connectivity index is 1.39. The number of halogens is 2. The van der Waals surface area contributed by atoms with Gasteiger partial charge < -0.3 is 4.52 Å². The molecule has 1 aliphatic heterocycles. The largest absolute Gasteiger partial charge is 0.359 e. The van der Waals surface area contributed by atoms with Gasteiger partial charge in [0, 0.05) is 42.3 Å². The monoisotopic (exact) mass is 495 g/mol. The van der Waals surface area contributed by atoms with Crippen molar-refractivity contribution in [2.45, 2.75) is 11.4 Å². The van der Waals surface area contributed by atoms with Crippen LogP contribution in [0.1, 0.15) is 5.76 Å². The van der Waals surface area contributed by atoms with E-state index in [-0.39, 0.29) is 9.92 Å². The molecular weight excluding hydrogens is 478 g/mol. The molecule has 0 atom stereocenters. The van der Waals surface area contributed by atoms with E-state index in [4.69, 9.17) is 16.1 Å². The van der Waals surface area contributed by atoms with Gasteiger partial charge in [-0.3, -0.25) is 4.90 Å². The summed E-state index contributed by atoms with van der Waals surface area (Å²) in [4.78, 5) is 2.29. The molecule has 1 aliphatic rings. The van der Waals surface area contributed by atoms with E-state index in [1.807, 2.05) is 36.4 Å². The van der Waals surface area contributed by atoms with Crippen molar-refractivity contribution in [2.75, 3.05) is 26.2 Å². The fourth-order valence-electron chi connectivity index (χ4n) is 3.30. The Morgan fingerprint density at radius 3 is 2.45 bits per heavy atom. The standard InChI is InChI=1S/C20H19BrClN3O3S/c21-16-6-7-20(18(22)12-16)29(26,27)25-10-8-24(9-11-25)14-17-13-19(23-28-17)15-4-2-1-3-5-15/h1-7,12-13H,8-11,14H2. The van der Waals surface area contributed by atoms with E-state index < -0.39 is 10.0 Å². The molecule has 0 amide bonds. The highest BCUT2D eigenvalue weighted by molar-refractivity contribution is 9.10. The van der Waals surface area contributed by atoms with Crippen LogP contribution in [0.2, 0.25) is 5.02 Å². The highest BCUT2D eigenvalue weighted by Crippen LogP contribution is 2.28. The fourth-order valence-corrected chi connectivity index (χ4v) is 5.74. The molecule has 9 heteroatoms. The van der Waals surface area contributed by atoms with E-state index in [1.54, 1.807) is 12.1 Å². The Kier molecular flexibility index (Phi) is 6.08. The van der Waals surface area contributed by atoms with Crippen LogP contribution in [0.4, 0.5) is 0 Å². The minimum absolute atomic E-state index is 0.138. The summed E-state index contributed by atoms with van der Waals surface area (Å²) >= 11 is 9.46. The lowest BCUT2D eigenvalue weighted by molar-refractivity contribution is 0.166. The lowest BCUT2D eigenvalue weighted by Crippen LogP contribution is -2.48. The van der Waals surface area contributed by atoms with Crippen molar-refractivity contribution in [3.8, 4) is 11.3 Å². The Bertz CT molecular complexity index is 1100. The van der Waals surface area contributed by atoms with Crippen molar-refractivity contribution in [1.29, 1.82) is 0 Å². The van der Waals surface area contributed by atoms with Crippen LogP contribution in [-0.4, -0.2) is 49.0 Å². The molecule has 1 fully saturated rings. The first-order valence-corrected chi connectivity index (χ1v) is 11.7. The van der Waals surface area contributed by atoms with E-state index in [2.05, 4.69) is 26.0 Å². The van der Waals surface area contributed by atoms with Gasteiger partial charge in [0.05, 0.1) is 11.6 Å². The summed E-state index contributed by atoms with van der Waals surface area (Å²) in [6.07, 6.45) is 0. The number of aromatic nitrogens is 1. The lowest BCUT2D eigenvalue weighted by Gasteiger charge is -2.33. The zero-order valence-electron chi connectivity index (χ0n) is 15.5. The number of hydrogen-bond acceptors (Lipinski definition) is 5. The van der Waals surface area contributed by atoms with Gasteiger partial charge in [0.2, 0.25) is 10.0 Å². The van der Waals surface area contributed by atoms with Crippen LogP contribution >= 0.6 is 27.5 Å².